The minimum absolute atomic E-state index is 0.513. The van der Waals surface area contributed by atoms with Crippen molar-refractivity contribution >= 4 is 0 Å². The number of fused-ring (bicyclic) bond motifs is 1. The molecule has 1 aliphatic rings. The second kappa shape index (κ2) is 4.38. The molecule has 0 saturated heterocycles. The molecule has 1 aromatic heterocycles. The molecule has 0 fully saturated rings. The van der Waals surface area contributed by atoms with E-state index in [0.29, 0.717) is 6.04 Å². The van der Waals surface area contributed by atoms with Crippen LogP contribution in [0.5, 0.6) is 0 Å². The number of hydrogen-bond donors (Lipinski definition) is 0. The van der Waals surface area contributed by atoms with E-state index in [1.54, 1.807) is 0 Å². The molecule has 1 aliphatic heterocycles. The number of rotatable bonds is 2. The maximum Gasteiger partial charge on any atom is 0.0476 e. The molecule has 1 atom stereocenters. The van der Waals surface area contributed by atoms with E-state index in [9.17, 15) is 0 Å². The van der Waals surface area contributed by atoms with Crippen LogP contribution in [0.25, 0.3) is 0 Å². The molecule has 2 nitrogen and oxygen atoms in total. The topological polar surface area (TPSA) is 8.17 Å². The maximum absolute atomic E-state index is 2.55. The summed E-state index contributed by atoms with van der Waals surface area (Å²) in [6.45, 7) is 5.60. The Morgan fingerprint density at radius 3 is 2.71 bits per heavy atom. The Labute approximate surface area is 102 Å². The molecule has 0 aliphatic carbocycles. The van der Waals surface area contributed by atoms with Crippen molar-refractivity contribution < 1.29 is 0 Å². The smallest absolute Gasteiger partial charge is 0.0476 e. The first-order valence-electron chi connectivity index (χ1n) is 6.27. The van der Waals surface area contributed by atoms with Crippen LogP contribution in [0.1, 0.15) is 24.2 Å². The van der Waals surface area contributed by atoms with E-state index < -0.39 is 0 Å². The summed E-state index contributed by atoms with van der Waals surface area (Å²) >= 11 is 0. The summed E-state index contributed by atoms with van der Waals surface area (Å²) in [6.07, 6.45) is 2.19. The van der Waals surface area contributed by atoms with E-state index in [-0.39, 0.29) is 0 Å². The van der Waals surface area contributed by atoms with Crippen molar-refractivity contribution in [2.75, 3.05) is 6.54 Å². The predicted octanol–water partition coefficient (Wildman–Crippen LogP) is 3.06. The van der Waals surface area contributed by atoms with Gasteiger partial charge in [0.05, 0.1) is 0 Å². The SMILES string of the molecule is CC1c2cccn2CCN1Cc1ccccc1. The molecule has 2 aromatic rings. The number of benzene rings is 1. The third kappa shape index (κ3) is 2.01. The van der Waals surface area contributed by atoms with E-state index in [2.05, 4.69) is 65.1 Å². The zero-order chi connectivity index (χ0) is 11.7. The third-order valence-corrected chi connectivity index (χ3v) is 3.70. The Hall–Kier alpha value is -1.54. The summed E-state index contributed by atoms with van der Waals surface area (Å²) in [6, 6.07) is 15.6. The maximum atomic E-state index is 2.55. The summed E-state index contributed by atoms with van der Waals surface area (Å²) in [5.41, 5.74) is 2.84. The van der Waals surface area contributed by atoms with Gasteiger partial charge in [0.2, 0.25) is 0 Å². The van der Waals surface area contributed by atoms with Crippen molar-refractivity contribution in [3.8, 4) is 0 Å². The van der Waals surface area contributed by atoms with Gasteiger partial charge in [0.1, 0.15) is 0 Å². The first kappa shape index (κ1) is 10.6. The Morgan fingerprint density at radius 1 is 1.06 bits per heavy atom. The molecule has 0 bridgehead atoms. The molecule has 3 rings (SSSR count). The molecule has 2 heterocycles. The fraction of sp³-hybridized carbons (Fsp3) is 0.333. The molecule has 0 N–H and O–H groups in total. The van der Waals surface area contributed by atoms with Gasteiger partial charge in [-0.25, -0.2) is 0 Å². The van der Waals surface area contributed by atoms with Crippen LogP contribution >= 0.6 is 0 Å². The predicted molar refractivity (Wildman–Crippen MR) is 69.7 cm³/mol. The molecular formula is C15H18N2. The second-order valence-electron chi connectivity index (χ2n) is 4.76. The zero-order valence-corrected chi connectivity index (χ0v) is 10.2. The summed E-state index contributed by atoms with van der Waals surface area (Å²) in [7, 11) is 0. The van der Waals surface area contributed by atoms with Crippen LogP contribution in [-0.4, -0.2) is 16.0 Å². The monoisotopic (exact) mass is 226 g/mol. The lowest BCUT2D eigenvalue weighted by atomic mass is 10.1. The molecule has 1 unspecified atom stereocenters. The van der Waals surface area contributed by atoms with Crippen molar-refractivity contribution in [3.05, 3.63) is 59.9 Å². The van der Waals surface area contributed by atoms with E-state index in [1.807, 2.05) is 0 Å². The van der Waals surface area contributed by atoms with Crippen LogP contribution < -0.4 is 0 Å². The Bertz CT molecular complexity index is 487. The Morgan fingerprint density at radius 2 is 1.88 bits per heavy atom. The first-order valence-corrected chi connectivity index (χ1v) is 6.27. The van der Waals surface area contributed by atoms with Gasteiger partial charge in [-0.2, -0.15) is 0 Å². The highest BCUT2D eigenvalue weighted by atomic mass is 15.2. The molecule has 2 heteroatoms. The van der Waals surface area contributed by atoms with Gasteiger partial charge in [-0.1, -0.05) is 30.3 Å². The van der Waals surface area contributed by atoms with Gasteiger partial charge in [0.15, 0.2) is 0 Å². The van der Waals surface area contributed by atoms with Gasteiger partial charge >= 0.3 is 0 Å². The number of aromatic nitrogens is 1. The van der Waals surface area contributed by atoms with Crippen LogP contribution in [-0.2, 0) is 13.1 Å². The molecule has 88 valence electrons. The van der Waals surface area contributed by atoms with Crippen LogP contribution in [0.15, 0.2) is 48.7 Å². The average molecular weight is 226 g/mol. The van der Waals surface area contributed by atoms with E-state index in [1.165, 1.54) is 11.3 Å². The minimum atomic E-state index is 0.513. The van der Waals surface area contributed by atoms with E-state index in [4.69, 9.17) is 0 Å². The Balaban J connectivity index is 1.78. The van der Waals surface area contributed by atoms with Crippen LogP contribution in [0, 0.1) is 0 Å². The lowest BCUT2D eigenvalue weighted by Crippen LogP contribution is -2.35. The highest BCUT2D eigenvalue weighted by molar-refractivity contribution is 5.17. The third-order valence-electron chi connectivity index (χ3n) is 3.70. The fourth-order valence-electron chi connectivity index (χ4n) is 2.66. The van der Waals surface area contributed by atoms with Gasteiger partial charge in [-0.3, -0.25) is 4.90 Å². The number of nitrogens with zero attached hydrogens (tertiary/aromatic N) is 2. The quantitative estimate of drug-likeness (QED) is 0.764. The highest BCUT2D eigenvalue weighted by Crippen LogP contribution is 2.26. The molecule has 0 spiro atoms. The summed E-state index contributed by atoms with van der Waals surface area (Å²) in [5, 5.41) is 0. The van der Waals surface area contributed by atoms with Gasteiger partial charge in [-0.15, -0.1) is 0 Å². The first-order chi connectivity index (χ1) is 8.34. The van der Waals surface area contributed by atoms with Crippen molar-refractivity contribution in [3.63, 3.8) is 0 Å². The summed E-state index contributed by atoms with van der Waals surface area (Å²) < 4.78 is 2.37. The molecule has 0 saturated carbocycles. The zero-order valence-electron chi connectivity index (χ0n) is 10.2. The summed E-state index contributed by atoms with van der Waals surface area (Å²) in [4.78, 5) is 2.55. The van der Waals surface area contributed by atoms with Gasteiger partial charge < -0.3 is 4.57 Å². The van der Waals surface area contributed by atoms with Crippen molar-refractivity contribution in [1.29, 1.82) is 0 Å². The molecule has 0 radical (unpaired) electrons. The van der Waals surface area contributed by atoms with Crippen LogP contribution in [0.3, 0.4) is 0 Å². The lowest BCUT2D eigenvalue weighted by Gasteiger charge is -2.34. The second-order valence-corrected chi connectivity index (χ2v) is 4.76. The molecule has 1 aromatic carbocycles. The van der Waals surface area contributed by atoms with Crippen molar-refractivity contribution in [2.24, 2.45) is 0 Å². The molecular weight excluding hydrogens is 208 g/mol. The van der Waals surface area contributed by atoms with Crippen LogP contribution in [0.2, 0.25) is 0 Å². The van der Waals surface area contributed by atoms with Crippen molar-refractivity contribution in [1.82, 2.24) is 9.47 Å². The fourth-order valence-corrected chi connectivity index (χ4v) is 2.66. The molecule has 0 amide bonds. The van der Waals surface area contributed by atoms with Crippen LogP contribution in [0.4, 0.5) is 0 Å². The van der Waals surface area contributed by atoms with Crippen molar-refractivity contribution in [2.45, 2.75) is 26.1 Å². The normalized spacial score (nSPS) is 20.2. The van der Waals surface area contributed by atoms with Gasteiger partial charge in [-0.05, 0) is 24.6 Å². The largest absolute Gasteiger partial charge is 0.349 e. The highest BCUT2D eigenvalue weighted by Gasteiger charge is 2.22. The standard InChI is InChI=1S/C15H18N2/c1-13-15-8-5-9-16(15)10-11-17(13)12-14-6-3-2-4-7-14/h2-9,13H,10-12H2,1H3. The molecule has 17 heavy (non-hydrogen) atoms. The van der Waals surface area contributed by atoms with Gasteiger partial charge in [0, 0.05) is 37.6 Å². The Kier molecular flexibility index (Phi) is 2.73. The lowest BCUT2D eigenvalue weighted by molar-refractivity contribution is 0.161. The van der Waals surface area contributed by atoms with E-state index >= 15 is 0 Å². The van der Waals surface area contributed by atoms with Gasteiger partial charge in [0.25, 0.3) is 0 Å². The summed E-state index contributed by atoms with van der Waals surface area (Å²) in [5.74, 6) is 0. The minimum Gasteiger partial charge on any atom is -0.349 e. The van der Waals surface area contributed by atoms with E-state index in [0.717, 1.165) is 19.6 Å². The number of hydrogen-bond acceptors (Lipinski definition) is 1. The average Bonchev–Trinajstić information content (AvgIpc) is 2.83.